The van der Waals surface area contributed by atoms with Crippen molar-refractivity contribution >= 4 is 34.2 Å². The van der Waals surface area contributed by atoms with Gasteiger partial charge >= 0.3 is 0 Å². The van der Waals surface area contributed by atoms with E-state index in [1.165, 1.54) is 4.90 Å². The van der Waals surface area contributed by atoms with Crippen molar-refractivity contribution < 1.29 is 9.59 Å². The summed E-state index contributed by atoms with van der Waals surface area (Å²) < 4.78 is 0. The fourth-order valence-electron chi connectivity index (χ4n) is 1.87. The maximum absolute atomic E-state index is 12.0. The van der Waals surface area contributed by atoms with E-state index in [0.29, 0.717) is 5.15 Å². The lowest BCUT2D eigenvalue weighted by Gasteiger charge is -2.10. The molecule has 21 heavy (non-hydrogen) atoms. The molecule has 1 aromatic heterocycles. The van der Waals surface area contributed by atoms with Crippen molar-refractivity contribution in [2.45, 2.75) is 6.42 Å². The van der Waals surface area contributed by atoms with Crippen molar-refractivity contribution in [2.24, 2.45) is 0 Å². The van der Waals surface area contributed by atoms with Gasteiger partial charge in [-0.15, -0.1) is 0 Å². The molecule has 6 heteroatoms. The molecular formula is C15H16ClN3O2. The lowest BCUT2D eigenvalue weighted by atomic mass is 10.1. The first-order valence-corrected chi connectivity index (χ1v) is 6.90. The topological polar surface area (TPSA) is 62.3 Å². The van der Waals surface area contributed by atoms with E-state index >= 15 is 0 Å². The molecule has 0 aliphatic carbocycles. The van der Waals surface area contributed by atoms with Gasteiger partial charge < -0.3 is 10.2 Å². The summed E-state index contributed by atoms with van der Waals surface area (Å²) in [5.74, 6) is -0.381. The smallest absolute Gasteiger partial charge is 0.269 e. The maximum atomic E-state index is 12.0. The van der Waals surface area contributed by atoms with Crippen LogP contribution < -0.4 is 5.32 Å². The van der Waals surface area contributed by atoms with E-state index < -0.39 is 0 Å². The molecule has 0 unspecified atom stereocenters. The molecule has 110 valence electrons. The minimum absolute atomic E-state index is 0.0418. The first-order chi connectivity index (χ1) is 9.99. The third-order valence-corrected chi connectivity index (χ3v) is 3.34. The zero-order valence-electron chi connectivity index (χ0n) is 11.9. The summed E-state index contributed by atoms with van der Waals surface area (Å²) in [4.78, 5) is 29.0. The van der Waals surface area contributed by atoms with E-state index in [0.717, 1.165) is 10.8 Å². The van der Waals surface area contributed by atoms with Crippen LogP contribution in [0.4, 0.5) is 0 Å². The highest BCUT2D eigenvalue weighted by Gasteiger charge is 2.11. The summed E-state index contributed by atoms with van der Waals surface area (Å²) in [7, 11) is 3.35. The molecule has 1 aromatic carbocycles. The molecule has 2 amide bonds. The van der Waals surface area contributed by atoms with Crippen LogP contribution in [0.25, 0.3) is 10.8 Å². The number of amides is 2. The number of benzene rings is 1. The third kappa shape index (κ3) is 3.70. The number of hydrogen-bond acceptors (Lipinski definition) is 3. The minimum Gasteiger partial charge on any atom is -0.350 e. The van der Waals surface area contributed by atoms with Gasteiger partial charge in [-0.25, -0.2) is 4.98 Å². The van der Waals surface area contributed by atoms with Crippen LogP contribution in [-0.4, -0.2) is 42.3 Å². The number of hydrogen-bond donors (Lipinski definition) is 1. The average molecular weight is 306 g/mol. The van der Waals surface area contributed by atoms with E-state index in [4.69, 9.17) is 11.6 Å². The summed E-state index contributed by atoms with van der Waals surface area (Å²) in [5, 5.41) is 4.62. The highest BCUT2D eigenvalue weighted by Crippen LogP contribution is 2.22. The minimum atomic E-state index is -0.339. The summed E-state index contributed by atoms with van der Waals surface area (Å²) in [6, 6.07) is 9.14. The van der Waals surface area contributed by atoms with Crippen molar-refractivity contribution in [1.82, 2.24) is 15.2 Å². The van der Waals surface area contributed by atoms with Crippen molar-refractivity contribution in [2.75, 3.05) is 20.6 Å². The fraction of sp³-hybridized carbons (Fsp3) is 0.267. The lowest BCUT2D eigenvalue weighted by Crippen LogP contribution is -2.30. The van der Waals surface area contributed by atoms with Gasteiger partial charge in [-0.2, -0.15) is 0 Å². The maximum Gasteiger partial charge on any atom is 0.269 e. The molecule has 0 spiro atoms. The second kappa shape index (κ2) is 6.54. The van der Waals surface area contributed by atoms with Crippen LogP contribution in [-0.2, 0) is 4.79 Å². The van der Waals surface area contributed by atoms with Gasteiger partial charge in [0.15, 0.2) is 0 Å². The molecule has 0 aliphatic rings. The Hall–Kier alpha value is -2.14. The molecule has 0 saturated heterocycles. The average Bonchev–Trinajstić information content (AvgIpc) is 2.46. The Bertz CT molecular complexity index is 686. The van der Waals surface area contributed by atoms with Gasteiger partial charge in [0, 0.05) is 32.4 Å². The van der Waals surface area contributed by atoms with Crippen molar-refractivity contribution in [3.05, 3.63) is 41.2 Å². The zero-order chi connectivity index (χ0) is 15.4. The lowest BCUT2D eigenvalue weighted by molar-refractivity contribution is -0.128. The van der Waals surface area contributed by atoms with Crippen LogP contribution in [0.3, 0.4) is 0 Å². The van der Waals surface area contributed by atoms with Crippen molar-refractivity contribution in [3.63, 3.8) is 0 Å². The van der Waals surface area contributed by atoms with Crippen molar-refractivity contribution in [1.29, 1.82) is 0 Å². The summed E-state index contributed by atoms with van der Waals surface area (Å²) >= 11 is 6.08. The molecule has 0 bridgehead atoms. The van der Waals surface area contributed by atoms with Crippen LogP contribution in [0, 0.1) is 0 Å². The van der Waals surface area contributed by atoms with E-state index in [2.05, 4.69) is 10.3 Å². The van der Waals surface area contributed by atoms with Gasteiger partial charge in [-0.1, -0.05) is 35.9 Å². The molecular weight excluding hydrogens is 290 g/mol. The van der Waals surface area contributed by atoms with Gasteiger partial charge in [0.05, 0.1) is 0 Å². The van der Waals surface area contributed by atoms with Crippen LogP contribution in [0.15, 0.2) is 30.3 Å². The number of nitrogens with zero attached hydrogens (tertiary/aromatic N) is 2. The molecule has 5 nitrogen and oxygen atoms in total. The highest BCUT2D eigenvalue weighted by atomic mass is 35.5. The quantitative estimate of drug-likeness (QED) is 0.880. The second-order valence-electron chi connectivity index (χ2n) is 4.81. The van der Waals surface area contributed by atoms with E-state index in [1.54, 1.807) is 20.2 Å². The summed E-state index contributed by atoms with van der Waals surface area (Å²) in [6.07, 6.45) is 0.250. The summed E-state index contributed by atoms with van der Waals surface area (Å²) in [6.45, 7) is 0.266. The first-order valence-electron chi connectivity index (χ1n) is 6.52. The molecule has 2 rings (SSSR count). The Balaban J connectivity index is 2.08. The van der Waals surface area contributed by atoms with Gasteiger partial charge in [-0.05, 0) is 11.5 Å². The number of carbonyl (C=O) groups excluding carboxylic acids is 2. The van der Waals surface area contributed by atoms with Crippen molar-refractivity contribution in [3.8, 4) is 0 Å². The van der Waals surface area contributed by atoms with Gasteiger partial charge in [0.1, 0.15) is 10.8 Å². The number of fused-ring (bicyclic) bond motifs is 1. The third-order valence-electron chi connectivity index (χ3n) is 3.05. The second-order valence-corrected chi connectivity index (χ2v) is 5.17. The van der Waals surface area contributed by atoms with E-state index in [9.17, 15) is 9.59 Å². The highest BCUT2D eigenvalue weighted by molar-refractivity contribution is 6.34. The molecule has 0 aliphatic heterocycles. The predicted molar refractivity (Wildman–Crippen MR) is 82.4 cm³/mol. The monoisotopic (exact) mass is 305 g/mol. The van der Waals surface area contributed by atoms with Gasteiger partial charge in [-0.3, -0.25) is 9.59 Å². The molecule has 0 atom stereocenters. The molecule has 0 saturated carbocycles. The van der Waals surface area contributed by atoms with Crippen LogP contribution in [0.1, 0.15) is 16.9 Å². The largest absolute Gasteiger partial charge is 0.350 e. The molecule has 1 heterocycles. The number of pyridine rings is 1. The number of nitrogens with one attached hydrogen (secondary N) is 1. The number of aromatic nitrogens is 1. The molecule has 2 aromatic rings. The molecule has 1 N–H and O–H groups in total. The zero-order valence-corrected chi connectivity index (χ0v) is 12.6. The summed E-state index contributed by atoms with van der Waals surface area (Å²) in [5.41, 5.74) is 0.246. The Kier molecular flexibility index (Phi) is 4.75. The number of carbonyl (C=O) groups is 2. The SMILES string of the molecule is CN(C)C(=O)CCNC(=O)c1cc2ccccc2c(Cl)n1. The van der Waals surface area contributed by atoms with E-state index in [1.807, 2.05) is 24.3 Å². The number of halogens is 1. The molecule has 0 fully saturated rings. The standard InChI is InChI=1S/C15H16ClN3O2/c1-19(2)13(20)7-8-17-15(21)12-9-10-5-3-4-6-11(10)14(16)18-12/h3-6,9H,7-8H2,1-2H3,(H,17,21). The van der Waals surface area contributed by atoms with Crippen LogP contribution in [0.5, 0.6) is 0 Å². The Morgan fingerprint density at radius 2 is 2.00 bits per heavy atom. The van der Waals surface area contributed by atoms with E-state index in [-0.39, 0.29) is 30.5 Å². The normalized spacial score (nSPS) is 10.4. The number of rotatable bonds is 4. The fourth-order valence-corrected chi connectivity index (χ4v) is 2.13. The Labute approximate surface area is 127 Å². The first kappa shape index (κ1) is 15.3. The predicted octanol–water partition coefficient (Wildman–Crippen LogP) is 2.10. The molecule has 0 radical (unpaired) electrons. The van der Waals surface area contributed by atoms with Crippen LogP contribution >= 0.6 is 11.6 Å². The van der Waals surface area contributed by atoms with Gasteiger partial charge in [0.2, 0.25) is 5.91 Å². The van der Waals surface area contributed by atoms with Crippen LogP contribution in [0.2, 0.25) is 5.15 Å². The Morgan fingerprint density at radius 1 is 1.29 bits per heavy atom. The Morgan fingerprint density at radius 3 is 2.71 bits per heavy atom. The van der Waals surface area contributed by atoms with Gasteiger partial charge in [0.25, 0.3) is 5.91 Å².